The average Bonchev–Trinajstić information content (AvgIpc) is 2.35. The third-order valence-corrected chi connectivity index (χ3v) is 4.77. The normalized spacial score (nSPS) is 17.3. The smallest absolute Gasteiger partial charge is 0.238 e. The van der Waals surface area contributed by atoms with Crippen LogP contribution in [-0.4, -0.2) is 20.9 Å². The number of sulfonamides is 1. The first-order valence-corrected chi connectivity index (χ1v) is 8.02. The summed E-state index contributed by atoms with van der Waals surface area (Å²) in [7, 11) is -3.72. The molecule has 0 atom stereocenters. The van der Waals surface area contributed by atoms with Gasteiger partial charge >= 0.3 is 0 Å². The van der Waals surface area contributed by atoms with Gasteiger partial charge in [-0.3, -0.25) is 4.79 Å². The Bertz CT molecular complexity index is 604. The summed E-state index contributed by atoms with van der Waals surface area (Å²) >= 11 is 0. The van der Waals surface area contributed by atoms with Crippen LogP contribution in [0.1, 0.15) is 24.8 Å². The van der Waals surface area contributed by atoms with Crippen LogP contribution < -0.4 is 16.2 Å². The van der Waals surface area contributed by atoms with Gasteiger partial charge in [0.25, 0.3) is 0 Å². The zero-order valence-corrected chi connectivity index (χ0v) is 11.9. The number of hydrogen-bond acceptors (Lipinski definition) is 4. The molecule has 5 N–H and O–H groups in total. The molecule has 0 bridgehead atoms. The fourth-order valence-electron chi connectivity index (χ4n) is 2.33. The monoisotopic (exact) mass is 297 g/mol. The number of amides is 1. The Kier molecular flexibility index (Phi) is 4.12. The molecule has 0 heterocycles. The molecule has 1 saturated carbocycles. The van der Waals surface area contributed by atoms with Crippen LogP contribution in [0.3, 0.4) is 0 Å². The van der Waals surface area contributed by atoms with Crippen molar-refractivity contribution in [1.82, 2.24) is 5.32 Å². The summed E-state index contributed by atoms with van der Waals surface area (Å²) in [6.07, 6.45) is 2.64. The Labute approximate surface area is 118 Å². The fraction of sp³-hybridized carbons (Fsp3) is 0.462. The van der Waals surface area contributed by atoms with Gasteiger partial charge < -0.3 is 11.1 Å². The third kappa shape index (κ3) is 3.00. The molecule has 1 aromatic rings. The van der Waals surface area contributed by atoms with E-state index in [-0.39, 0.29) is 17.3 Å². The molecule has 20 heavy (non-hydrogen) atoms. The Morgan fingerprint density at radius 2 is 2.05 bits per heavy atom. The van der Waals surface area contributed by atoms with Gasteiger partial charge in [-0.15, -0.1) is 0 Å². The van der Waals surface area contributed by atoms with E-state index in [0.29, 0.717) is 12.1 Å². The van der Waals surface area contributed by atoms with Crippen molar-refractivity contribution in [2.45, 2.75) is 30.7 Å². The van der Waals surface area contributed by atoms with Gasteiger partial charge in [-0.2, -0.15) is 0 Å². The minimum atomic E-state index is -3.72. The molecule has 0 radical (unpaired) electrons. The second-order valence-corrected chi connectivity index (χ2v) is 6.77. The standard InChI is InChI=1S/C13H19N3O3S/c14-9-13(5-2-6-13)12(17)16-8-10-3-1-4-11(7-10)20(15,18)19/h1,3-4,7H,2,5-6,8-9,14H2,(H,16,17)(H2,15,18,19). The number of nitrogens with two attached hydrogens (primary N) is 2. The molecule has 7 heteroatoms. The van der Waals surface area contributed by atoms with E-state index in [1.165, 1.54) is 12.1 Å². The highest BCUT2D eigenvalue weighted by Gasteiger charge is 2.42. The van der Waals surface area contributed by atoms with Gasteiger partial charge in [0.05, 0.1) is 10.3 Å². The average molecular weight is 297 g/mol. The Balaban J connectivity index is 2.03. The maximum Gasteiger partial charge on any atom is 0.238 e. The number of nitrogens with one attached hydrogen (secondary N) is 1. The Morgan fingerprint density at radius 3 is 2.55 bits per heavy atom. The van der Waals surface area contributed by atoms with Crippen molar-refractivity contribution >= 4 is 15.9 Å². The highest BCUT2D eigenvalue weighted by Crippen LogP contribution is 2.40. The van der Waals surface area contributed by atoms with Crippen LogP contribution in [0, 0.1) is 5.41 Å². The minimum absolute atomic E-state index is 0.0430. The second kappa shape index (κ2) is 5.51. The van der Waals surface area contributed by atoms with Gasteiger partial charge in [-0.1, -0.05) is 18.6 Å². The Hall–Kier alpha value is -1.44. The van der Waals surface area contributed by atoms with E-state index in [4.69, 9.17) is 10.9 Å². The summed E-state index contributed by atoms with van der Waals surface area (Å²) in [6.45, 7) is 0.611. The predicted molar refractivity (Wildman–Crippen MR) is 75.0 cm³/mol. The summed E-state index contributed by atoms with van der Waals surface area (Å²) in [4.78, 5) is 12.1. The molecule has 0 spiro atoms. The first kappa shape index (κ1) is 15.0. The molecule has 1 fully saturated rings. The van der Waals surface area contributed by atoms with Gasteiger partial charge in [0.1, 0.15) is 0 Å². The van der Waals surface area contributed by atoms with Crippen molar-refractivity contribution < 1.29 is 13.2 Å². The molecule has 1 aromatic carbocycles. The van der Waals surface area contributed by atoms with Crippen LogP contribution in [0.2, 0.25) is 0 Å². The van der Waals surface area contributed by atoms with Crippen LogP contribution in [0.4, 0.5) is 0 Å². The molecule has 0 aromatic heterocycles. The minimum Gasteiger partial charge on any atom is -0.352 e. The van der Waals surface area contributed by atoms with Crippen molar-refractivity contribution in [2.24, 2.45) is 16.3 Å². The Morgan fingerprint density at radius 1 is 1.35 bits per heavy atom. The molecule has 1 aliphatic rings. The van der Waals surface area contributed by atoms with Crippen molar-refractivity contribution in [3.63, 3.8) is 0 Å². The molecule has 2 rings (SSSR count). The number of primary sulfonamides is 1. The SMILES string of the molecule is NCC1(C(=O)NCc2cccc(S(N)(=O)=O)c2)CCC1. The lowest BCUT2D eigenvalue weighted by Gasteiger charge is -2.39. The van der Waals surface area contributed by atoms with Crippen LogP contribution >= 0.6 is 0 Å². The van der Waals surface area contributed by atoms with Gasteiger partial charge in [-0.25, -0.2) is 13.6 Å². The summed E-state index contributed by atoms with van der Waals surface area (Å²) in [5.41, 5.74) is 5.92. The van der Waals surface area contributed by atoms with E-state index in [0.717, 1.165) is 19.3 Å². The molecule has 6 nitrogen and oxygen atoms in total. The number of carbonyl (C=O) groups excluding carboxylic acids is 1. The number of rotatable bonds is 5. The maximum absolute atomic E-state index is 12.1. The fourth-order valence-corrected chi connectivity index (χ4v) is 2.91. The lowest BCUT2D eigenvalue weighted by atomic mass is 9.68. The van der Waals surface area contributed by atoms with Gasteiger partial charge in [0.2, 0.25) is 15.9 Å². The largest absolute Gasteiger partial charge is 0.352 e. The van der Waals surface area contributed by atoms with Gasteiger partial charge in [0.15, 0.2) is 0 Å². The molecule has 0 saturated heterocycles. The maximum atomic E-state index is 12.1. The van der Waals surface area contributed by atoms with E-state index in [1.807, 2.05) is 0 Å². The number of benzene rings is 1. The molecule has 1 aliphatic carbocycles. The molecular weight excluding hydrogens is 278 g/mol. The van der Waals surface area contributed by atoms with E-state index in [9.17, 15) is 13.2 Å². The van der Waals surface area contributed by atoms with Crippen molar-refractivity contribution in [3.05, 3.63) is 29.8 Å². The number of carbonyl (C=O) groups is 1. The van der Waals surface area contributed by atoms with Crippen LogP contribution in [-0.2, 0) is 21.4 Å². The summed E-state index contributed by atoms with van der Waals surface area (Å²) in [5, 5.41) is 7.89. The number of hydrogen-bond donors (Lipinski definition) is 3. The van der Waals surface area contributed by atoms with Crippen molar-refractivity contribution in [2.75, 3.05) is 6.54 Å². The summed E-state index contributed by atoms with van der Waals surface area (Å²) in [5.74, 6) is -0.0627. The van der Waals surface area contributed by atoms with E-state index >= 15 is 0 Å². The third-order valence-electron chi connectivity index (χ3n) is 3.86. The van der Waals surface area contributed by atoms with Gasteiger partial charge in [-0.05, 0) is 30.5 Å². The van der Waals surface area contributed by atoms with Crippen LogP contribution in [0.5, 0.6) is 0 Å². The second-order valence-electron chi connectivity index (χ2n) is 5.21. The highest BCUT2D eigenvalue weighted by atomic mass is 32.2. The lowest BCUT2D eigenvalue weighted by Crippen LogP contribution is -2.50. The van der Waals surface area contributed by atoms with Crippen molar-refractivity contribution in [1.29, 1.82) is 0 Å². The van der Waals surface area contributed by atoms with Crippen molar-refractivity contribution in [3.8, 4) is 0 Å². The molecule has 110 valence electrons. The van der Waals surface area contributed by atoms with Crippen LogP contribution in [0.15, 0.2) is 29.2 Å². The first-order valence-electron chi connectivity index (χ1n) is 6.47. The molecule has 1 amide bonds. The summed E-state index contributed by atoms with van der Waals surface area (Å²) in [6, 6.07) is 6.23. The van der Waals surface area contributed by atoms with E-state index in [2.05, 4.69) is 5.32 Å². The van der Waals surface area contributed by atoms with E-state index < -0.39 is 15.4 Å². The molecular formula is C13H19N3O3S. The highest BCUT2D eigenvalue weighted by molar-refractivity contribution is 7.89. The predicted octanol–water partition coefficient (Wildman–Crippen LogP) is 0.0792. The zero-order valence-electron chi connectivity index (χ0n) is 11.1. The van der Waals surface area contributed by atoms with Gasteiger partial charge in [0, 0.05) is 13.1 Å². The topological polar surface area (TPSA) is 115 Å². The zero-order chi connectivity index (χ0) is 14.8. The van der Waals surface area contributed by atoms with E-state index in [1.54, 1.807) is 12.1 Å². The summed E-state index contributed by atoms with van der Waals surface area (Å²) < 4.78 is 22.5. The molecule has 0 unspecified atom stereocenters. The first-order chi connectivity index (χ1) is 9.37. The quantitative estimate of drug-likeness (QED) is 0.713. The lowest BCUT2D eigenvalue weighted by molar-refractivity contribution is -0.135. The van der Waals surface area contributed by atoms with Crippen LogP contribution in [0.25, 0.3) is 0 Å². The molecule has 0 aliphatic heterocycles.